The van der Waals surface area contributed by atoms with E-state index in [-0.39, 0.29) is 6.10 Å². The molecule has 0 aromatic rings. The van der Waals surface area contributed by atoms with Gasteiger partial charge in [0.15, 0.2) is 0 Å². The Morgan fingerprint density at radius 3 is 2.33 bits per heavy atom. The lowest BCUT2D eigenvalue weighted by Gasteiger charge is -2.40. The summed E-state index contributed by atoms with van der Waals surface area (Å²) in [6.45, 7) is 7.19. The Labute approximate surface area is 93.7 Å². The Bertz CT molecular complexity index is 176. The molecule has 0 spiro atoms. The van der Waals surface area contributed by atoms with Crippen molar-refractivity contribution < 1.29 is 4.74 Å². The van der Waals surface area contributed by atoms with Crippen LogP contribution in [0.25, 0.3) is 0 Å². The van der Waals surface area contributed by atoms with Crippen molar-refractivity contribution in [2.24, 2.45) is 11.3 Å². The van der Waals surface area contributed by atoms with Crippen LogP contribution in [0.15, 0.2) is 0 Å². The van der Waals surface area contributed by atoms with Crippen LogP contribution in [-0.2, 0) is 4.74 Å². The van der Waals surface area contributed by atoms with Gasteiger partial charge < -0.3 is 4.74 Å². The molecule has 3 heteroatoms. The molecule has 1 unspecified atom stereocenters. The normalized spacial score (nSPS) is 23.0. The summed E-state index contributed by atoms with van der Waals surface area (Å²) in [6.07, 6.45) is 6.85. The highest BCUT2D eigenvalue weighted by molar-refractivity contribution is 4.88. The van der Waals surface area contributed by atoms with Crippen molar-refractivity contribution in [3.05, 3.63) is 0 Å². The van der Waals surface area contributed by atoms with Crippen LogP contribution in [0.5, 0.6) is 0 Å². The van der Waals surface area contributed by atoms with Crippen molar-refractivity contribution in [3.63, 3.8) is 0 Å². The predicted molar refractivity (Wildman–Crippen MR) is 63.4 cm³/mol. The summed E-state index contributed by atoms with van der Waals surface area (Å²) in [5.41, 5.74) is 3.26. The Kier molecular flexibility index (Phi) is 5.03. The Morgan fingerprint density at radius 1 is 1.27 bits per heavy atom. The molecule has 0 bridgehead atoms. The molecule has 3 N–H and O–H groups in total. The summed E-state index contributed by atoms with van der Waals surface area (Å²) in [4.78, 5) is 0. The van der Waals surface area contributed by atoms with Crippen LogP contribution < -0.4 is 11.3 Å². The van der Waals surface area contributed by atoms with Gasteiger partial charge in [-0.05, 0) is 32.1 Å². The molecule has 0 aliphatic heterocycles. The van der Waals surface area contributed by atoms with E-state index >= 15 is 0 Å². The van der Waals surface area contributed by atoms with Gasteiger partial charge in [-0.25, -0.2) is 0 Å². The lowest BCUT2D eigenvalue weighted by atomic mass is 9.71. The second-order valence-corrected chi connectivity index (χ2v) is 5.32. The second-order valence-electron chi connectivity index (χ2n) is 5.32. The van der Waals surface area contributed by atoms with Crippen molar-refractivity contribution in [2.75, 3.05) is 6.61 Å². The molecular formula is C12H26N2O. The van der Waals surface area contributed by atoms with Crippen LogP contribution in [0.3, 0.4) is 0 Å². The smallest absolute Gasteiger partial charge is 0.0641 e. The number of hydrogen-bond acceptors (Lipinski definition) is 3. The maximum absolute atomic E-state index is 5.67. The van der Waals surface area contributed by atoms with Crippen molar-refractivity contribution in [1.29, 1.82) is 0 Å². The molecule has 1 rings (SSSR count). The zero-order valence-electron chi connectivity index (χ0n) is 10.4. The van der Waals surface area contributed by atoms with Gasteiger partial charge in [-0.3, -0.25) is 11.3 Å². The summed E-state index contributed by atoms with van der Waals surface area (Å²) in [5.74, 6) is 5.65. The summed E-state index contributed by atoms with van der Waals surface area (Å²) in [7, 11) is 0. The number of rotatable bonds is 5. The molecule has 1 aliphatic carbocycles. The third-order valence-electron chi connectivity index (χ3n) is 3.63. The molecule has 1 atom stereocenters. The molecule has 1 aliphatic rings. The van der Waals surface area contributed by atoms with Gasteiger partial charge in [0.05, 0.1) is 12.7 Å². The third-order valence-corrected chi connectivity index (χ3v) is 3.63. The van der Waals surface area contributed by atoms with E-state index in [9.17, 15) is 0 Å². The van der Waals surface area contributed by atoms with E-state index in [0.29, 0.717) is 11.5 Å². The van der Waals surface area contributed by atoms with Gasteiger partial charge in [-0.1, -0.05) is 26.2 Å². The average molecular weight is 214 g/mol. The fourth-order valence-corrected chi connectivity index (χ4v) is 2.45. The summed E-state index contributed by atoms with van der Waals surface area (Å²) in [5, 5.41) is 0. The highest BCUT2D eigenvalue weighted by Crippen LogP contribution is 2.38. The van der Waals surface area contributed by atoms with Gasteiger partial charge in [0.25, 0.3) is 0 Å². The Hall–Kier alpha value is -0.120. The minimum Gasteiger partial charge on any atom is -0.377 e. The van der Waals surface area contributed by atoms with E-state index in [1.165, 1.54) is 32.1 Å². The van der Waals surface area contributed by atoms with E-state index in [0.717, 1.165) is 6.61 Å². The van der Waals surface area contributed by atoms with E-state index < -0.39 is 0 Å². The minimum absolute atomic E-state index is 0.285. The number of hydrogen-bond donors (Lipinski definition) is 2. The van der Waals surface area contributed by atoms with Crippen LogP contribution in [0.4, 0.5) is 0 Å². The summed E-state index contributed by atoms with van der Waals surface area (Å²) < 4.78 is 5.67. The molecule has 0 heterocycles. The van der Waals surface area contributed by atoms with E-state index in [2.05, 4.69) is 26.2 Å². The van der Waals surface area contributed by atoms with Gasteiger partial charge in [0, 0.05) is 6.04 Å². The number of nitrogens with two attached hydrogens (primary N) is 1. The molecule has 1 fully saturated rings. The second kappa shape index (κ2) is 5.83. The molecule has 0 aromatic heterocycles. The first-order valence-corrected chi connectivity index (χ1v) is 6.16. The van der Waals surface area contributed by atoms with Gasteiger partial charge in [-0.15, -0.1) is 0 Å². The summed E-state index contributed by atoms with van der Waals surface area (Å²) in [6, 6.07) is 0.292. The maximum atomic E-state index is 5.67. The van der Waals surface area contributed by atoms with E-state index in [4.69, 9.17) is 10.6 Å². The lowest BCUT2D eigenvalue weighted by molar-refractivity contribution is 0.0154. The first kappa shape index (κ1) is 12.9. The van der Waals surface area contributed by atoms with Crippen LogP contribution in [0, 0.1) is 5.41 Å². The first-order chi connectivity index (χ1) is 7.08. The number of nitrogens with one attached hydrogen (secondary N) is 1. The van der Waals surface area contributed by atoms with Crippen LogP contribution in [0.2, 0.25) is 0 Å². The molecule has 1 saturated carbocycles. The molecule has 0 saturated heterocycles. The Balaban J connectivity index is 2.47. The molecule has 90 valence electrons. The molecular weight excluding hydrogens is 188 g/mol. The average Bonchev–Trinajstić information content (AvgIpc) is 2.19. The quantitative estimate of drug-likeness (QED) is 0.545. The van der Waals surface area contributed by atoms with E-state index in [1.54, 1.807) is 0 Å². The van der Waals surface area contributed by atoms with Crippen molar-refractivity contribution >= 4 is 0 Å². The molecule has 0 aromatic carbocycles. The monoisotopic (exact) mass is 214 g/mol. The zero-order chi connectivity index (χ0) is 11.3. The third kappa shape index (κ3) is 3.74. The van der Waals surface area contributed by atoms with Crippen molar-refractivity contribution in [2.45, 2.75) is 65.0 Å². The first-order valence-electron chi connectivity index (χ1n) is 6.16. The van der Waals surface area contributed by atoms with Crippen molar-refractivity contribution in [3.8, 4) is 0 Å². The van der Waals surface area contributed by atoms with Gasteiger partial charge >= 0.3 is 0 Å². The lowest BCUT2D eigenvalue weighted by Crippen LogP contribution is -2.51. The maximum Gasteiger partial charge on any atom is 0.0641 e. The molecule has 15 heavy (non-hydrogen) atoms. The van der Waals surface area contributed by atoms with Gasteiger partial charge in [0.2, 0.25) is 0 Å². The topological polar surface area (TPSA) is 47.3 Å². The molecule has 0 amide bonds. The fourth-order valence-electron chi connectivity index (χ4n) is 2.45. The van der Waals surface area contributed by atoms with Crippen LogP contribution >= 0.6 is 0 Å². The fraction of sp³-hybridized carbons (Fsp3) is 1.00. The highest BCUT2D eigenvalue weighted by Gasteiger charge is 2.35. The van der Waals surface area contributed by atoms with Crippen molar-refractivity contribution in [1.82, 2.24) is 5.43 Å². The van der Waals surface area contributed by atoms with Gasteiger partial charge in [-0.2, -0.15) is 0 Å². The molecule has 3 nitrogen and oxygen atoms in total. The standard InChI is InChI=1S/C12H26N2O/c1-10(2)15-9-11(14-13)12(3)7-5-4-6-8-12/h10-11,14H,4-9,13H2,1-3H3. The van der Waals surface area contributed by atoms with Crippen LogP contribution in [0.1, 0.15) is 52.9 Å². The predicted octanol–water partition coefficient (Wildman–Crippen LogP) is 2.21. The largest absolute Gasteiger partial charge is 0.377 e. The molecule has 0 radical (unpaired) electrons. The van der Waals surface area contributed by atoms with Gasteiger partial charge in [0.1, 0.15) is 0 Å². The number of ether oxygens (including phenoxy) is 1. The highest BCUT2D eigenvalue weighted by atomic mass is 16.5. The van der Waals surface area contributed by atoms with E-state index in [1.807, 2.05) is 0 Å². The SMILES string of the molecule is CC(C)OCC(NN)C1(C)CCCCC1. The van der Waals surface area contributed by atoms with Crippen LogP contribution in [-0.4, -0.2) is 18.8 Å². The summed E-state index contributed by atoms with van der Waals surface area (Å²) >= 11 is 0. The number of hydrazine groups is 1. The zero-order valence-corrected chi connectivity index (χ0v) is 10.4. The minimum atomic E-state index is 0.285. The Morgan fingerprint density at radius 2 is 1.87 bits per heavy atom.